The molecule has 0 spiro atoms. The Kier molecular flexibility index (Phi) is 3.00. The molecule has 112 valence electrons. The molecule has 0 bridgehead atoms. The molecule has 0 amide bonds. The maximum atomic E-state index is 11.8. The summed E-state index contributed by atoms with van der Waals surface area (Å²) in [6.07, 6.45) is -0.627. The Labute approximate surface area is 132 Å². The van der Waals surface area contributed by atoms with Gasteiger partial charge in [-0.2, -0.15) is 8.42 Å². The van der Waals surface area contributed by atoms with Crippen LogP contribution < -0.4 is 4.18 Å². The first-order valence-corrected chi connectivity index (χ1v) is 8.32. The van der Waals surface area contributed by atoms with E-state index in [-0.39, 0.29) is 11.9 Å². The molecule has 0 saturated carbocycles. The monoisotopic (exact) mass is 335 g/mol. The molecule has 0 N–H and O–H groups in total. The first-order valence-electron chi connectivity index (χ1n) is 6.58. The van der Waals surface area contributed by atoms with E-state index >= 15 is 0 Å². The quantitative estimate of drug-likeness (QED) is 0.791. The highest BCUT2D eigenvalue weighted by Crippen LogP contribution is 2.43. The molecule has 2 aromatic rings. The summed E-state index contributed by atoms with van der Waals surface area (Å²) in [6, 6.07) is 14.1. The van der Waals surface area contributed by atoms with Crippen molar-refractivity contribution >= 4 is 27.6 Å². The molecule has 2 atom stereocenters. The lowest BCUT2D eigenvalue weighted by atomic mass is 10.0. The molecule has 0 aliphatic carbocycles. The minimum atomic E-state index is -3.98. The predicted octanol–water partition coefficient (Wildman–Crippen LogP) is 2.91. The number of hydrogen-bond acceptors (Lipinski definition) is 4. The number of nitrogens with zero attached hydrogens (tertiary/aromatic N) is 1. The summed E-state index contributed by atoms with van der Waals surface area (Å²) in [7, 11) is -3.98. The van der Waals surface area contributed by atoms with Crippen LogP contribution in [0.3, 0.4) is 0 Å². The van der Waals surface area contributed by atoms with E-state index in [9.17, 15) is 8.42 Å². The molecular formula is C15H10ClNO4S. The number of fused-ring (bicyclic) bond motifs is 1. The fourth-order valence-corrected chi connectivity index (χ4v) is 3.46. The average Bonchev–Trinajstić information content (AvgIpc) is 3.26. The molecule has 4 rings (SSSR count). The Hall–Kier alpha value is -1.89. The molecule has 22 heavy (non-hydrogen) atoms. The first-order chi connectivity index (χ1) is 10.5. The zero-order valence-electron chi connectivity index (χ0n) is 11.1. The Balaban J connectivity index is 1.71. The van der Waals surface area contributed by atoms with Gasteiger partial charge in [-0.25, -0.2) is 0 Å². The fourth-order valence-electron chi connectivity index (χ4n) is 2.48. The van der Waals surface area contributed by atoms with Gasteiger partial charge in [-0.3, -0.25) is 0 Å². The average molecular weight is 336 g/mol. The minimum absolute atomic E-state index is 0.225. The second-order valence-corrected chi connectivity index (χ2v) is 6.65. The lowest BCUT2D eigenvalue weighted by Gasteiger charge is -2.15. The smallest absolute Gasteiger partial charge is 0.365 e. The third-order valence-corrected chi connectivity index (χ3v) is 4.59. The molecule has 2 unspecified atom stereocenters. The predicted molar refractivity (Wildman–Crippen MR) is 81.6 cm³/mol. The van der Waals surface area contributed by atoms with Gasteiger partial charge in [0.25, 0.3) is 0 Å². The van der Waals surface area contributed by atoms with Crippen molar-refractivity contribution in [2.24, 2.45) is 4.40 Å². The molecule has 0 aromatic heterocycles. The van der Waals surface area contributed by atoms with Crippen LogP contribution in [-0.2, 0) is 15.0 Å². The van der Waals surface area contributed by atoms with Gasteiger partial charge in [0.15, 0.2) is 5.75 Å². The van der Waals surface area contributed by atoms with E-state index in [0.717, 1.165) is 5.56 Å². The van der Waals surface area contributed by atoms with Crippen molar-refractivity contribution in [3.63, 3.8) is 0 Å². The Morgan fingerprint density at radius 1 is 1.00 bits per heavy atom. The van der Waals surface area contributed by atoms with Crippen molar-refractivity contribution in [2.75, 3.05) is 0 Å². The molecule has 7 heteroatoms. The molecule has 0 radical (unpaired) electrons. The first kappa shape index (κ1) is 13.8. The van der Waals surface area contributed by atoms with E-state index in [2.05, 4.69) is 4.40 Å². The van der Waals surface area contributed by atoms with Crippen LogP contribution in [0, 0.1) is 0 Å². The van der Waals surface area contributed by atoms with Crippen LogP contribution in [0.15, 0.2) is 52.9 Å². The highest BCUT2D eigenvalue weighted by atomic mass is 35.5. The van der Waals surface area contributed by atoms with Gasteiger partial charge in [0, 0.05) is 10.6 Å². The van der Waals surface area contributed by atoms with Crippen molar-refractivity contribution in [1.82, 2.24) is 0 Å². The van der Waals surface area contributed by atoms with Gasteiger partial charge < -0.3 is 8.92 Å². The van der Waals surface area contributed by atoms with Crippen molar-refractivity contribution in [2.45, 2.75) is 12.2 Å². The number of rotatable bonds is 2. The van der Waals surface area contributed by atoms with E-state index in [1.165, 1.54) is 0 Å². The zero-order chi connectivity index (χ0) is 15.3. The summed E-state index contributed by atoms with van der Waals surface area (Å²) < 4.78 is 37.8. The van der Waals surface area contributed by atoms with Gasteiger partial charge in [-0.15, -0.1) is 4.40 Å². The summed E-state index contributed by atoms with van der Waals surface area (Å²) >= 11 is 5.87. The number of benzene rings is 2. The molecule has 5 nitrogen and oxygen atoms in total. The van der Waals surface area contributed by atoms with Crippen molar-refractivity contribution < 1.29 is 17.3 Å². The highest BCUT2D eigenvalue weighted by molar-refractivity contribution is 7.86. The Morgan fingerprint density at radius 3 is 2.50 bits per heavy atom. The number of ether oxygens (including phenoxy) is 1. The minimum Gasteiger partial charge on any atom is -0.365 e. The normalized spacial score (nSPS) is 24.9. The lowest BCUT2D eigenvalue weighted by Crippen LogP contribution is -2.22. The van der Waals surface area contributed by atoms with Gasteiger partial charge in [-0.05, 0) is 29.8 Å². The molecular weight excluding hydrogens is 326 g/mol. The van der Waals surface area contributed by atoms with Crippen LogP contribution in [0.25, 0.3) is 0 Å². The van der Waals surface area contributed by atoms with Gasteiger partial charge >= 0.3 is 10.3 Å². The molecule has 1 fully saturated rings. The van der Waals surface area contributed by atoms with E-state index in [0.29, 0.717) is 16.3 Å². The highest BCUT2D eigenvalue weighted by Gasteiger charge is 2.47. The van der Waals surface area contributed by atoms with Crippen LogP contribution in [0.4, 0.5) is 0 Å². The number of epoxide rings is 1. The molecule has 2 aliphatic heterocycles. The standard InChI is InChI=1S/C15H10ClNO4S/c16-10-7-5-9(6-8-10)14-15(20-14)13-11-3-1-2-4-12(11)21-22(18,19)17-13/h1-8,14-15H. The third kappa shape index (κ3) is 2.39. The van der Waals surface area contributed by atoms with E-state index in [1.807, 2.05) is 12.1 Å². The lowest BCUT2D eigenvalue weighted by molar-refractivity contribution is 0.399. The summed E-state index contributed by atoms with van der Waals surface area (Å²) in [5.41, 5.74) is 1.94. The second kappa shape index (κ2) is 4.81. The molecule has 2 aliphatic rings. The molecule has 2 aromatic carbocycles. The Morgan fingerprint density at radius 2 is 1.73 bits per heavy atom. The van der Waals surface area contributed by atoms with E-state index in [1.54, 1.807) is 36.4 Å². The largest absolute Gasteiger partial charge is 0.428 e. The van der Waals surface area contributed by atoms with Crippen LogP contribution in [0.2, 0.25) is 5.02 Å². The fraction of sp³-hybridized carbons (Fsp3) is 0.133. The van der Waals surface area contributed by atoms with Gasteiger partial charge in [0.1, 0.15) is 17.9 Å². The summed E-state index contributed by atoms with van der Waals surface area (Å²) in [6.45, 7) is 0. The van der Waals surface area contributed by atoms with Gasteiger partial charge in [0.05, 0.1) is 0 Å². The third-order valence-electron chi connectivity index (χ3n) is 3.53. The SMILES string of the molecule is O=S1(=O)N=C(C2OC2c2ccc(Cl)cc2)c2ccccc2O1. The summed E-state index contributed by atoms with van der Waals surface area (Å²) in [5, 5.41) is 0.636. The topological polar surface area (TPSA) is 68.3 Å². The van der Waals surface area contributed by atoms with E-state index < -0.39 is 16.4 Å². The summed E-state index contributed by atoms with van der Waals surface area (Å²) in [4.78, 5) is 0. The number of para-hydroxylation sites is 1. The van der Waals surface area contributed by atoms with Gasteiger partial charge in [0.2, 0.25) is 0 Å². The van der Waals surface area contributed by atoms with Gasteiger partial charge in [-0.1, -0.05) is 35.9 Å². The maximum Gasteiger partial charge on any atom is 0.428 e. The van der Waals surface area contributed by atoms with Crippen molar-refractivity contribution in [1.29, 1.82) is 0 Å². The summed E-state index contributed by atoms with van der Waals surface area (Å²) in [5.74, 6) is 0.276. The van der Waals surface area contributed by atoms with E-state index in [4.69, 9.17) is 20.5 Å². The molecule has 1 saturated heterocycles. The molecule has 2 heterocycles. The van der Waals surface area contributed by atoms with Crippen LogP contribution in [-0.4, -0.2) is 20.2 Å². The maximum absolute atomic E-state index is 11.8. The van der Waals surface area contributed by atoms with Crippen LogP contribution >= 0.6 is 11.6 Å². The second-order valence-electron chi connectivity index (χ2n) is 5.01. The Bertz CT molecular complexity index is 877. The van der Waals surface area contributed by atoms with Crippen molar-refractivity contribution in [3.05, 3.63) is 64.7 Å². The number of hydrogen-bond donors (Lipinski definition) is 0. The van der Waals surface area contributed by atoms with Crippen LogP contribution in [0.1, 0.15) is 17.2 Å². The zero-order valence-corrected chi connectivity index (χ0v) is 12.7. The number of halogens is 1. The van der Waals surface area contributed by atoms with Crippen LogP contribution in [0.5, 0.6) is 5.75 Å². The van der Waals surface area contributed by atoms with Crippen molar-refractivity contribution in [3.8, 4) is 5.75 Å².